The lowest BCUT2D eigenvalue weighted by Crippen LogP contribution is -2.31. The van der Waals surface area contributed by atoms with Gasteiger partial charge < -0.3 is 24.2 Å². The Balaban J connectivity index is 1.71. The van der Waals surface area contributed by atoms with E-state index in [0.29, 0.717) is 35.8 Å². The molecule has 1 aliphatic heterocycles. The molecule has 1 heterocycles. The molecule has 1 aliphatic rings. The highest BCUT2D eigenvalue weighted by molar-refractivity contribution is 6.46. The Morgan fingerprint density at radius 1 is 0.947 bits per heavy atom. The van der Waals surface area contributed by atoms with Gasteiger partial charge in [0.05, 0.1) is 32.4 Å². The van der Waals surface area contributed by atoms with Crippen LogP contribution in [0.2, 0.25) is 0 Å². The number of benzene rings is 3. The number of amides is 1. The molecule has 0 aromatic heterocycles. The summed E-state index contributed by atoms with van der Waals surface area (Å²) in [6, 6.07) is 19.4. The molecule has 1 atom stereocenters. The Kier molecular flexibility index (Phi) is 8.36. The fraction of sp³-hybridized carbons (Fsp3) is 0.290. The van der Waals surface area contributed by atoms with Crippen molar-refractivity contribution in [3.05, 3.63) is 94.6 Å². The minimum absolute atomic E-state index is 0.0788. The molecule has 1 amide bonds. The summed E-state index contributed by atoms with van der Waals surface area (Å²) in [5, 5.41) is 11.3. The van der Waals surface area contributed by atoms with Gasteiger partial charge in [-0.25, -0.2) is 0 Å². The first-order valence-corrected chi connectivity index (χ1v) is 12.7. The van der Waals surface area contributed by atoms with E-state index in [1.807, 2.05) is 56.3 Å². The summed E-state index contributed by atoms with van der Waals surface area (Å²) < 4.78 is 16.4. The Morgan fingerprint density at radius 2 is 1.68 bits per heavy atom. The van der Waals surface area contributed by atoms with Crippen molar-refractivity contribution >= 4 is 17.4 Å². The molecule has 1 saturated heterocycles. The van der Waals surface area contributed by atoms with E-state index < -0.39 is 17.7 Å². The molecule has 1 unspecified atom stereocenters. The van der Waals surface area contributed by atoms with E-state index in [4.69, 9.17) is 14.2 Å². The van der Waals surface area contributed by atoms with Crippen molar-refractivity contribution in [2.45, 2.75) is 32.7 Å². The van der Waals surface area contributed by atoms with Crippen molar-refractivity contribution in [1.82, 2.24) is 4.90 Å². The highest BCUT2D eigenvalue weighted by atomic mass is 16.5. The number of hydrogen-bond acceptors (Lipinski definition) is 6. The van der Waals surface area contributed by atoms with Crippen LogP contribution in [0, 0.1) is 6.92 Å². The lowest BCUT2D eigenvalue weighted by Gasteiger charge is -2.26. The second kappa shape index (κ2) is 11.9. The van der Waals surface area contributed by atoms with Crippen LogP contribution in [-0.4, -0.2) is 49.1 Å². The van der Waals surface area contributed by atoms with Crippen LogP contribution in [-0.2, 0) is 16.0 Å². The number of ketones is 1. The van der Waals surface area contributed by atoms with Gasteiger partial charge in [-0.2, -0.15) is 0 Å². The number of hydrogen-bond donors (Lipinski definition) is 1. The molecule has 198 valence electrons. The number of nitrogens with zero attached hydrogens (tertiary/aromatic N) is 1. The first kappa shape index (κ1) is 26.8. The fourth-order valence-corrected chi connectivity index (χ4v) is 4.67. The van der Waals surface area contributed by atoms with Crippen LogP contribution in [0.5, 0.6) is 17.2 Å². The monoisotopic (exact) mass is 515 g/mol. The van der Waals surface area contributed by atoms with Crippen molar-refractivity contribution < 1.29 is 28.9 Å². The Labute approximate surface area is 223 Å². The molecule has 7 heteroatoms. The number of carbonyl (C=O) groups is 2. The van der Waals surface area contributed by atoms with Crippen molar-refractivity contribution in [2.24, 2.45) is 0 Å². The Morgan fingerprint density at radius 3 is 2.34 bits per heavy atom. The molecular formula is C31H33NO6. The molecule has 0 bridgehead atoms. The maximum atomic E-state index is 13.3. The van der Waals surface area contributed by atoms with Gasteiger partial charge in [0.1, 0.15) is 11.5 Å². The van der Waals surface area contributed by atoms with Crippen LogP contribution in [0.25, 0.3) is 5.76 Å². The molecule has 4 rings (SSSR count). The lowest BCUT2D eigenvalue weighted by molar-refractivity contribution is -0.139. The second-order valence-electron chi connectivity index (χ2n) is 9.22. The third kappa shape index (κ3) is 5.52. The molecular weight excluding hydrogens is 482 g/mol. The van der Waals surface area contributed by atoms with Gasteiger partial charge >= 0.3 is 0 Å². The molecule has 1 N–H and O–H groups in total. The van der Waals surface area contributed by atoms with Crippen LogP contribution in [0.1, 0.15) is 41.6 Å². The highest BCUT2D eigenvalue weighted by Crippen LogP contribution is 2.40. The average molecular weight is 516 g/mol. The standard InChI is InChI=1S/C31H33NO6/c1-5-17-38-24-12-10-22(11-13-24)29(33)27-28(23-8-6-7-20(2)18-23)32(31(35)30(27)34)16-15-21-9-14-25(36-3)26(19-21)37-4/h6-14,18-19,28,33H,5,15-17H2,1-4H3/b29-27+. The van der Waals surface area contributed by atoms with E-state index in [2.05, 4.69) is 0 Å². The topological polar surface area (TPSA) is 85.3 Å². The van der Waals surface area contributed by atoms with Crippen LogP contribution in [0.3, 0.4) is 0 Å². The normalized spacial score (nSPS) is 16.5. The largest absolute Gasteiger partial charge is 0.507 e. The van der Waals surface area contributed by atoms with Crippen molar-refractivity contribution in [3.8, 4) is 17.2 Å². The molecule has 7 nitrogen and oxygen atoms in total. The Bertz CT molecular complexity index is 1340. The number of carbonyl (C=O) groups excluding carboxylic acids is 2. The predicted octanol–water partition coefficient (Wildman–Crippen LogP) is 5.47. The lowest BCUT2D eigenvalue weighted by atomic mass is 9.94. The van der Waals surface area contributed by atoms with Gasteiger partial charge in [-0.3, -0.25) is 9.59 Å². The summed E-state index contributed by atoms with van der Waals surface area (Å²) in [5.41, 5.74) is 3.21. The number of Topliss-reactive ketones (excluding diaryl/α,β-unsaturated/α-hetero) is 1. The van der Waals surface area contributed by atoms with Gasteiger partial charge in [0.2, 0.25) is 0 Å². The molecule has 0 spiro atoms. The van der Waals surface area contributed by atoms with E-state index in [0.717, 1.165) is 23.1 Å². The summed E-state index contributed by atoms with van der Waals surface area (Å²) >= 11 is 0. The molecule has 3 aromatic carbocycles. The number of methoxy groups -OCH3 is 2. The van der Waals surface area contributed by atoms with Crippen LogP contribution in [0.4, 0.5) is 0 Å². The number of rotatable bonds is 10. The first-order valence-electron chi connectivity index (χ1n) is 12.7. The highest BCUT2D eigenvalue weighted by Gasteiger charge is 2.45. The number of likely N-dealkylation sites (tertiary alicyclic amines) is 1. The SMILES string of the molecule is CCCOc1ccc(/C(O)=C2\C(=O)C(=O)N(CCc3ccc(OC)c(OC)c3)C2c2cccc(C)c2)cc1. The summed E-state index contributed by atoms with van der Waals surface area (Å²) in [7, 11) is 3.14. The van der Waals surface area contributed by atoms with Crippen molar-refractivity contribution in [2.75, 3.05) is 27.4 Å². The molecule has 0 aliphatic carbocycles. The van der Waals surface area contributed by atoms with Gasteiger partial charge in [0.15, 0.2) is 11.5 Å². The minimum atomic E-state index is -0.717. The zero-order valence-electron chi connectivity index (χ0n) is 22.2. The van der Waals surface area contributed by atoms with Gasteiger partial charge in [-0.15, -0.1) is 0 Å². The number of ether oxygens (including phenoxy) is 3. The van der Waals surface area contributed by atoms with Crippen molar-refractivity contribution in [1.29, 1.82) is 0 Å². The van der Waals surface area contributed by atoms with Crippen LogP contribution in [0.15, 0.2) is 72.3 Å². The zero-order valence-corrected chi connectivity index (χ0v) is 22.2. The molecule has 1 fully saturated rings. The van der Waals surface area contributed by atoms with Crippen LogP contribution >= 0.6 is 0 Å². The maximum absolute atomic E-state index is 13.3. The maximum Gasteiger partial charge on any atom is 0.295 e. The summed E-state index contributed by atoms with van der Waals surface area (Å²) in [5.74, 6) is 0.338. The fourth-order valence-electron chi connectivity index (χ4n) is 4.67. The number of aliphatic hydroxyl groups excluding tert-OH is 1. The summed E-state index contributed by atoms with van der Waals surface area (Å²) in [6.07, 6.45) is 1.37. The molecule has 38 heavy (non-hydrogen) atoms. The zero-order chi connectivity index (χ0) is 27.2. The third-order valence-corrected chi connectivity index (χ3v) is 6.59. The summed E-state index contributed by atoms with van der Waals surface area (Å²) in [4.78, 5) is 28.2. The summed E-state index contributed by atoms with van der Waals surface area (Å²) in [6.45, 7) is 4.84. The molecule has 0 radical (unpaired) electrons. The average Bonchev–Trinajstić information content (AvgIpc) is 3.19. The van der Waals surface area contributed by atoms with Gasteiger partial charge in [-0.1, -0.05) is 42.8 Å². The van der Waals surface area contributed by atoms with E-state index in [9.17, 15) is 14.7 Å². The minimum Gasteiger partial charge on any atom is -0.507 e. The molecule has 0 saturated carbocycles. The molecule has 3 aromatic rings. The third-order valence-electron chi connectivity index (χ3n) is 6.59. The van der Waals surface area contributed by atoms with Gasteiger partial charge in [0.25, 0.3) is 11.7 Å². The Hall–Kier alpha value is -4.26. The van der Waals surface area contributed by atoms with E-state index in [1.54, 1.807) is 38.5 Å². The quantitative estimate of drug-likeness (QED) is 0.219. The van der Waals surface area contributed by atoms with Crippen molar-refractivity contribution in [3.63, 3.8) is 0 Å². The van der Waals surface area contributed by atoms with Gasteiger partial charge in [-0.05, 0) is 67.3 Å². The van der Waals surface area contributed by atoms with Crippen LogP contribution < -0.4 is 14.2 Å². The number of aliphatic hydroxyl groups is 1. The van der Waals surface area contributed by atoms with E-state index >= 15 is 0 Å². The van der Waals surface area contributed by atoms with E-state index in [-0.39, 0.29) is 17.9 Å². The number of aryl methyl sites for hydroxylation is 1. The van der Waals surface area contributed by atoms with E-state index in [1.165, 1.54) is 4.90 Å². The predicted molar refractivity (Wildman–Crippen MR) is 146 cm³/mol. The second-order valence-corrected chi connectivity index (χ2v) is 9.22. The first-order chi connectivity index (χ1) is 18.4. The van der Waals surface area contributed by atoms with Gasteiger partial charge in [0, 0.05) is 12.1 Å². The smallest absolute Gasteiger partial charge is 0.295 e.